The number of halogens is 1. The van der Waals surface area contributed by atoms with Crippen molar-refractivity contribution in [2.24, 2.45) is 0 Å². The van der Waals surface area contributed by atoms with Crippen molar-refractivity contribution in [2.75, 3.05) is 5.32 Å². The molecule has 0 aliphatic rings. The number of nitrogens with one attached hydrogen (secondary N) is 4. The molecule has 3 aromatic rings. The second kappa shape index (κ2) is 11.7. The molecule has 0 radical (unpaired) electrons. The lowest BCUT2D eigenvalue weighted by Gasteiger charge is -2.11. The maximum atomic E-state index is 12.4. The van der Waals surface area contributed by atoms with Crippen LogP contribution in [0.15, 0.2) is 78.9 Å². The van der Waals surface area contributed by atoms with Gasteiger partial charge in [0.1, 0.15) is 0 Å². The van der Waals surface area contributed by atoms with E-state index < -0.39 is 11.8 Å². The molecular formula is C25H21ClN4O3S. The zero-order valence-corrected chi connectivity index (χ0v) is 19.7. The minimum atomic E-state index is -0.486. The van der Waals surface area contributed by atoms with Gasteiger partial charge in [0.05, 0.1) is 0 Å². The average Bonchev–Trinajstić information content (AvgIpc) is 2.82. The number of thiocarbonyl (C=S) groups is 1. The molecule has 0 fully saturated rings. The molecule has 9 heteroatoms. The number of benzene rings is 3. The summed E-state index contributed by atoms with van der Waals surface area (Å²) >= 11 is 11.1. The van der Waals surface area contributed by atoms with Gasteiger partial charge in [-0.3, -0.25) is 30.6 Å². The molecule has 0 atom stereocenters. The van der Waals surface area contributed by atoms with Crippen LogP contribution in [-0.2, 0) is 4.79 Å². The molecule has 0 heterocycles. The molecule has 3 rings (SSSR count). The Morgan fingerprint density at radius 2 is 1.53 bits per heavy atom. The monoisotopic (exact) mass is 492 g/mol. The number of carbonyl (C=O) groups is 3. The van der Waals surface area contributed by atoms with Gasteiger partial charge in [0.25, 0.3) is 11.8 Å². The van der Waals surface area contributed by atoms with Gasteiger partial charge in [0.2, 0.25) is 5.91 Å². The minimum Gasteiger partial charge on any atom is -0.322 e. The molecule has 0 aromatic heterocycles. The van der Waals surface area contributed by atoms with E-state index in [0.29, 0.717) is 27.4 Å². The molecule has 0 aliphatic carbocycles. The van der Waals surface area contributed by atoms with Crippen LogP contribution in [0.3, 0.4) is 0 Å². The maximum absolute atomic E-state index is 12.4. The van der Waals surface area contributed by atoms with E-state index in [1.54, 1.807) is 66.7 Å². The summed E-state index contributed by atoms with van der Waals surface area (Å²) in [6, 6.07) is 20.7. The van der Waals surface area contributed by atoms with Crippen LogP contribution >= 0.6 is 23.8 Å². The van der Waals surface area contributed by atoms with E-state index in [0.717, 1.165) is 5.56 Å². The summed E-state index contributed by atoms with van der Waals surface area (Å²) < 4.78 is 0. The van der Waals surface area contributed by atoms with Crippen molar-refractivity contribution in [3.8, 4) is 0 Å². The van der Waals surface area contributed by atoms with E-state index in [9.17, 15) is 14.4 Å². The van der Waals surface area contributed by atoms with Crippen molar-refractivity contribution in [1.82, 2.24) is 16.2 Å². The normalized spacial score (nSPS) is 10.4. The number of hydrazine groups is 1. The highest BCUT2D eigenvalue weighted by Crippen LogP contribution is 2.16. The highest BCUT2D eigenvalue weighted by molar-refractivity contribution is 7.80. The zero-order chi connectivity index (χ0) is 24.5. The smallest absolute Gasteiger partial charge is 0.269 e. The van der Waals surface area contributed by atoms with Gasteiger partial charge < -0.3 is 5.32 Å². The largest absolute Gasteiger partial charge is 0.322 e. The molecule has 34 heavy (non-hydrogen) atoms. The lowest BCUT2D eigenvalue weighted by Crippen LogP contribution is -2.48. The van der Waals surface area contributed by atoms with Crippen LogP contribution in [-0.4, -0.2) is 22.8 Å². The SMILES string of the molecule is Cc1ccccc1C(=O)Nc1ccc(C(=O)NNC(=S)NC(=O)C=Cc2ccccc2Cl)cc1. The van der Waals surface area contributed by atoms with Crippen LogP contribution in [0.4, 0.5) is 5.69 Å². The molecule has 4 N–H and O–H groups in total. The van der Waals surface area contributed by atoms with E-state index in [4.69, 9.17) is 23.8 Å². The second-order valence-electron chi connectivity index (χ2n) is 7.10. The first-order valence-electron chi connectivity index (χ1n) is 10.1. The van der Waals surface area contributed by atoms with Gasteiger partial charge in [-0.05, 0) is 72.7 Å². The molecule has 0 bridgehead atoms. The topological polar surface area (TPSA) is 99.3 Å². The highest BCUT2D eigenvalue weighted by Gasteiger charge is 2.10. The molecular weight excluding hydrogens is 472 g/mol. The van der Waals surface area contributed by atoms with Gasteiger partial charge in [0.15, 0.2) is 5.11 Å². The number of anilines is 1. The molecule has 0 unspecified atom stereocenters. The fourth-order valence-corrected chi connectivity index (χ4v) is 3.23. The third kappa shape index (κ3) is 6.99. The Hall–Kier alpha value is -4.01. The van der Waals surface area contributed by atoms with E-state index in [-0.39, 0.29) is 11.0 Å². The third-order valence-corrected chi connectivity index (χ3v) is 5.19. The Balaban J connectivity index is 1.47. The van der Waals surface area contributed by atoms with Crippen molar-refractivity contribution in [1.29, 1.82) is 0 Å². The molecule has 0 aliphatic heterocycles. The summed E-state index contributed by atoms with van der Waals surface area (Å²) in [6.45, 7) is 1.86. The standard InChI is InChI=1S/C25H21ClN4O3S/c1-16-6-2-4-8-20(16)24(33)27-19-13-10-18(11-14-19)23(32)29-30-25(34)28-22(31)15-12-17-7-3-5-9-21(17)26/h2-15H,1H3,(H,27,33)(H,29,32)(H2,28,30,31,34). The molecule has 0 saturated heterocycles. The average molecular weight is 493 g/mol. The van der Waals surface area contributed by atoms with E-state index in [1.165, 1.54) is 6.08 Å². The third-order valence-electron chi connectivity index (χ3n) is 4.64. The van der Waals surface area contributed by atoms with Gasteiger partial charge in [-0.1, -0.05) is 48.0 Å². The van der Waals surface area contributed by atoms with E-state index in [2.05, 4.69) is 21.5 Å². The van der Waals surface area contributed by atoms with Crippen molar-refractivity contribution < 1.29 is 14.4 Å². The van der Waals surface area contributed by atoms with Crippen LogP contribution in [0.2, 0.25) is 5.02 Å². The summed E-state index contributed by atoms with van der Waals surface area (Å²) in [6.07, 6.45) is 2.83. The number of amides is 3. The lowest BCUT2D eigenvalue weighted by atomic mass is 10.1. The summed E-state index contributed by atoms with van der Waals surface area (Å²) in [4.78, 5) is 36.7. The summed E-state index contributed by atoms with van der Waals surface area (Å²) in [5, 5.41) is 5.65. The number of carbonyl (C=O) groups excluding carboxylic acids is 3. The molecule has 3 aromatic carbocycles. The Morgan fingerprint density at radius 3 is 2.24 bits per heavy atom. The van der Waals surface area contributed by atoms with Crippen LogP contribution in [0, 0.1) is 6.92 Å². The Labute approximate surface area is 207 Å². The summed E-state index contributed by atoms with van der Waals surface area (Å²) in [7, 11) is 0. The fourth-order valence-electron chi connectivity index (χ4n) is 2.88. The van der Waals surface area contributed by atoms with Gasteiger partial charge in [0, 0.05) is 27.9 Å². The Kier molecular flexibility index (Phi) is 8.50. The maximum Gasteiger partial charge on any atom is 0.269 e. The van der Waals surface area contributed by atoms with Crippen molar-refractivity contribution >= 4 is 58.4 Å². The number of hydrogen-bond donors (Lipinski definition) is 4. The first kappa shape index (κ1) is 24.6. The lowest BCUT2D eigenvalue weighted by molar-refractivity contribution is -0.115. The quantitative estimate of drug-likeness (QED) is 0.242. The van der Waals surface area contributed by atoms with Crippen molar-refractivity contribution in [3.05, 3.63) is 106 Å². The van der Waals surface area contributed by atoms with E-state index in [1.807, 2.05) is 19.1 Å². The van der Waals surface area contributed by atoms with Crippen molar-refractivity contribution in [3.63, 3.8) is 0 Å². The van der Waals surface area contributed by atoms with Gasteiger partial charge in [-0.2, -0.15) is 0 Å². The van der Waals surface area contributed by atoms with Gasteiger partial charge >= 0.3 is 0 Å². The van der Waals surface area contributed by atoms with Crippen molar-refractivity contribution in [2.45, 2.75) is 6.92 Å². The molecule has 0 spiro atoms. The molecule has 3 amide bonds. The predicted molar refractivity (Wildman–Crippen MR) is 137 cm³/mol. The molecule has 172 valence electrons. The zero-order valence-electron chi connectivity index (χ0n) is 18.1. The first-order chi connectivity index (χ1) is 16.3. The molecule has 7 nitrogen and oxygen atoms in total. The number of aryl methyl sites for hydroxylation is 1. The van der Waals surface area contributed by atoms with Crippen LogP contribution in [0.5, 0.6) is 0 Å². The fraction of sp³-hybridized carbons (Fsp3) is 0.0400. The summed E-state index contributed by atoms with van der Waals surface area (Å²) in [5.74, 6) is -1.19. The summed E-state index contributed by atoms with van der Waals surface area (Å²) in [5.41, 5.74) is 7.87. The van der Waals surface area contributed by atoms with Gasteiger partial charge in [-0.15, -0.1) is 0 Å². The molecule has 0 saturated carbocycles. The van der Waals surface area contributed by atoms with E-state index >= 15 is 0 Å². The Morgan fingerprint density at radius 1 is 0.853 bits per heavy atom. The first-order valence-corrected chi connectivity index (χ1v) is 10.9. The number of rotatable bonds is 5. The number of hydrogen-bond acceptors (Lipinski definition) is 4. The predicted octanol–water partition coefficient (Wildman–Crippen LogP) is 4.25. The van der Waals surface area contributed by atoms with Crippen LogP contribution in [0.1, 0.15) is 31.8 Å². The van der Waals surface area contributed by atoms with Crippen LogP contribution < -0.4 is 21.5 Å². The highest BCUT2D eigenvalue weighted by atomic mass is 35.5. The van der Waals surface area contributed by atoms with Crippen LogP contribution in [0.25, 0.3) is 6.08 Å². The minimum absolute atomic E-state index is 0.0794. The van der Waals surface area contributed by atoms with Gasteiger partial charge in [-0.25, -0.2) is 0 Å². The second-order valence-corrected chi connectivity index (χ2v) is 7.91. The Bertz CT molecular complexity index is 1260.